The first-order valence-corrected chi connectivity index (χ1v) is 8.50. The van der Waals surface area contributed by atoms with Gasteiger partial charge in [0.05, 0.1) is 17.8 Å². The largest absolute Gasteiger partial charge is 0.495 e. The fraction of sp³-hybridized carbons (Fsp3) is 0.389. The van der Waals surface area contributed by atoms with Gasteiger partial charge in [-0.1, -0.05) is 24.6 Å². The highest BCUT2D eigenvalue weighted by molar-refractivity contribution is 6.44. The summed E-state index contributed by atoms with van der Waals surface area (Å²) >= 11 is 6.23. The molecule has 0 saturated heterocycles. The maximum absolute atomic E-state index is 11.8. The number of carbonyl (C=O) groups is 1. The Morgan fingerprint density at radius 2 is 2.24 bits per heavy atom. The molecule has 0 aliphatic carbocycles. The van der Waals surface area contributed by atoms with E-state index < -0.39 is 0 Å². The van der Waals surface area contributed by atoms with E-state index in [4.69, 9.17) is 16.3 Å². The van der Waals surface area contributed by atoms with Crippen molar-refractivity contribution in [3.63, 3.8) is 0 Å². The highest BCUT2D eigenvalue weighted by Gasteiger charge is 2.21. The molecule has 0 fully saturated rings. The van der Waals surface area contributed by atoms with E-state index >= 15 is 0 Å². The second kappa shape index (κ2) is 8.67. The number of amides is 1. The molecule has 0 aromatic heterocycles. The Balaban J connectivity index is 2.38. The van der Waals surface area contributed by atoms with Crippen molar-refractivity contribution in [1.29, 1.82) is 0 Å². The third-order valence-corrected chi connectivity index (χ3v) is 4.39. The van der Waals surface area contributed by atoms with Crippen LogP contribution in [0.3, 0.4) is 0 Å². The number of rotatable bonds is 4. The zero-order valence-electron chi connectivity index (χ0n) is 14.9. The predicted molar refractivity (Wildman–Crippen MR) is 103 cm³/mol. The molecule has 0 spiro atoms. The van der Waals surface area contributed by atoms with Crippen LogP contribution in [-0.2, 0) is 0 Å². The first-order chi connectivity index (χ1) is 12.0. The lowest BCUT2D eigenvalue weighted by atomic mass is 10.0. The predicted octanol–water partition coefficient (Wildman–Crippen LogP) is 3.45. The molecular formula is C18H23ClN4O2. The van der Waals surface area contributed by atoms with Gasteiger partial charge in [0.25, 0.3) is 5.91 Å². The lowest BCUT2D eigenvalue weighted by molar-refractivity contribution is 0.0963. The Bertz CT molecular complexity index is 741. The molecule has 6 nitrogen and oxygen atoms in total. The first-order valence-electron chi connectivity index (χ1n) is 8.12. The molecule has 1 atom stereocenters. The van der Waals surface area contributed by atoms with Gasteiger partial charge in [-0.25, -0.2) is 4.99 Å². The van der Waals surface area contributed by atoms with Crippen LogP contribution in [-0.4, -0.2) is 38.8 Å². The summed E-state index contributed by atoms with van der Waals surface area (Å²) in [6.45, 7) is 2.10. The summed E-state index contributed by atoms with van der Waals surface area (Å²) in [4.78, 5) is 20.5. The fourth-order valence-electron chi connectivity index (χ4n) is 2.57. The van der Waals surface area contributed by atoms with Gasteiger partial charge >= 0.3 is 0 Å². The first kappa shape index (κ1) is 19.0. The number of anilines is 1. The number of aliphatic imine (C=N–C) groups is 2. The number of hydrogen-bond donors (Lipinski definition) is 2. The van der Waals surface area contributed by atoms with Crippen LogP contribution < -0.4 is 15.4 Å². The molecule has 0 radical (unpaired) electrons. The maximum atomic E-state index is 11.8. The highest BCUT2D eigenvalue weighted by atomic mass is 35.5. The van der Waals surface area contributed by atoms with Crippen molar-refractivity contribution in [1.82, 2.24) is 5.32 Å². The average Bonchev–Trinajstić information content (AvgIpc) is 2.79. The maximum Gasteiger partial charge on any atom is 0.251 e. The van der Waals surface area contributed by atoms with E-state index in [1.807, 2.05) is 6.08 Å². The van der Waals surface area contributed by atoms with E-state index in [1.165, 1.54) is 0 Å². The van der Waals surface area contributed by atoms with Crippen molar-refractivity contribution in [3.05, 3.63) is 34.9 Å². The molecule has 1 aliphatic rings. The second-order valence-corrected chi connectivity index (χ2v) is 5.96. The number of benzene rings is 1. The summed E-state index contributed by atoms with van der Waals surface area (Å²) in [5.74, 6) is 1.87. The minimum Gasteiger partial charge on any atom is -0.495 e. The molecule has 0 bridgehead atoms. The Morgan fingerprint density at radius 3 is 2.84 bits per heavy atom. The van der Waals surface area contributed by atoms with Gasteiger partial charge in [0.15, 0.2) is 5.84 Å². The number of nitrogens with zero attached hydrogens (tertiary/aromatic N) is 2. The monoisotopic (exact) mass is 362 g/mol. The number of nitrogens with one attached hydrogen (secondary N) is 2. The minimum atomic E-state index is -0.167. The number of halogens is 1. The van der Waals surface area contributed by atoms with Crippen LogP contribution in [0.25, 0.3) is 0 Å². The van der Waals surface area contributed by atoms with Crippen LogP contribution in [0.1, 0.15) is 30.1 Å². The highest BCUT2D eigenvalue weighted by Crippen LogP contribution is 2.28. The second-order valence-electron chi connectivity index (χ2n) is 5.56. The fourth-order valence-corrected chi connectivity index (χ4v) is 2.79. The summed E-state index contributed by atoms with van der Waals surface area (Å²) in [5, 5.41) is 6.49. The molecule has 7 heteroatoms. The molecule has 1 unspecified atom stereocenters. The Kier molecular flexibility index (Phi) is 6.58. The van der Waals surface area contributed by atoms with Crippen LogP contribution in [0.15, 0.2) is 39.3 Å². The molecule has 134 valence electrons. The molecule has 25 heavy (non-hydrogen) atoms. The van der Waals surface area contributed by atoms with Crippen LogP contribution in [0, 0.1) is 5.92 Å². The van der Waals surface area contributed by atoms with Gasteiger partial charge in [0.2, 0.25) is 0 Å². The molecule has 1 aromatic carbocycles. The van der Waals surface area contributed by atoms with E-state index in [9.17, 15) is 4.79 Å². The Labute approximate surface area is 153 Å². The summed E-state index contributed by atoms with van der Waals surface area (Å²) in [5.41, 5.74) is 1.26. The van der Waals surface area contributed by atoms with Crippen molar-refractivity contribution in [2.45, 2.75) is 19.8 Å². The number of ether oxygens (including phenoxy) is 1. The van der Waals surface area contributed by atoms with E-state index in [-0.39, 0.29) is 11.8 Å². The van der Waals surface area contributed by atoms with E-state index in [0.29, 0.717) is 22.2 Å². The number of amidine groups is 2. The van der Waals surface area contributed by atoms with Crippen molar-refractivity contribution in [3.8, 4) is 5.75 Å². The summed E-state index contributed by atoms with van der Waals surface area (Å²) in [6.07, 6.45) is 3.63. The molecule has 1 heterocycles. The standard InChI is InChI=1S/C18H23ClN4O2/c1-5-11-6-8-13(19)17(20-2)23-16(11)22-14-9-7-12(18(24)21-3)10-15(14)25-4/h7-11H,5-6H2,1-4H3,(H,21,24)(H,20,22,23). The lowest BCUT2D eigenvalue weighted by Crippen LogP contribution is -2.23. The number of allylic oxidation sites excluding steroid dienone is 1. The van der Waals surface area contributed by atoms with Gasteiger partial charge in [-0.3, -0.25) is 9.79 Å². The van der Waals surface area contributed by atoms with Crippen LogP contribution in [0.4, 0.5) is 5.69 Å². The van der Waals surface area contributed by atoms with Crippen LogP contribution in [0.2, 0.25) is 0 Å². The van der Waals surface area contributed by atoms with Gasteiger partial charge in [-0.2, -0.15) is 0 Å². The summed E-state index contributed by atoms with van der Waals surface area (Å²) < 4.78 is 5.43. The van der Waals surface area contributed by atoms with E-state index in [2.05, 4.69) is 27.5 Å². The minimum absolute atomic E-state index is 0.167. The van der Waals surface area contributed by atoms with Crippen molar-refractivity contribution in [2.75, 3.05) is 26.5 Å². The molecule has 0 saturated carbocycles. The number of methoxy groups -OCH3 is 1. The molecule has 2 rings (SSSR count). The van der Waals surface area contributed by atoms with Crippen LogP contribution >= 0.6 is 11.6 Å². The third-order valence-electron chi connectivity index (χ3n) is 4.07. The van der Waals surface area contributed by atoms with E-state index in [1.54, 1.807) is 39.4 Å². The quantitative estimate of drug-likeness (QED) is 0.861. The smallest absolute Gasteiger partial charge is 0.251 e. The Hall–Kier alpha value is -2.34. The van der Waals surface area contributed by atoms with Crippen molar-refractivity contribution in [2.24, 2.45) is 15.9 Å². The van der Waals surface area contributed by atoms with Gasteiger partial charge in [-0.15, -0.1) is 0 Å². The topological polar surface area (TPSA) is 75.1 Å². The normalized spacial score (nSPS) is 18.9. The average molecular weight is 363 g/mol. The van der Waals surface area contributed by atoms with Crippen molar-refractivity contribution >= 4 is 34.9 Å². The summed E-state index contributed by atoms with van der Waals surface area (Å²) in [6, 6.07) is 5.24. The van der Waals surface area contributed by atoms with Gasteiger partial charge < -0.3 is 15.4 Å². The third kappa shape index (κ3) is 4.39. The van der Waals surface area contributed by atoms with Gasteiger partial charge in [0.1, 0.15) is 11.6 Å². The van der Waals surface area contributed by atoms with E-state index in [0.717, 1.165) is 24.4 Å². The summed E-state index contributed by atoms with van der Waals surface area (Å²) in [7, 11) is 4.82. The van der Waals surface area contributed by atoms with Gasteiger partial charge in [-0.05, 0) is 31.0 Å². The zero-order valence-corrected chi connectivity index (χ0v) is 15.6. The van der Waals surface area contributed by atoms with Gasteiger partial charge in [0, 0.05) is 25.6 Å². The number of hydrogen-bond acceptors (Lipinski definition) is 4. The lowest BCUT2D eigenvalue weighted by Gasteiger charge is -2.19. The SMILES string of the molecule is CCC1CC=C(Cl)C(=NC)N=C1Nc1ccc(C(=O)NC)cc1OC. The van der Waals surface area contributed by atoms with Crippen molar-refractivity contribution < 1.29 is 9.53 Å². The molecule has 2 N–H and O–H groups in total. The molecular weight excluding hydrogens is 340 g/mol. The molecule has 1 aromatic rings. The number of carbonyl (C=O) groups excluding carboxylic acids is 1. The van der Waals surface area contributed by atoms with Crippen LogP contribution in [0.5, 0.6) is 5.75 Å². The molecule has 1 aliphatic heterocycles. The Morgan fingerprint density at radius 1 is 1.48 bits per heavy atom. The zero-order chi connectivity index (χ0) is 18.4. The molecule has 1 amide bonds.